The summed E-state index contributed by atoms with van der Waals surface area (Å²) >= 11 is 0. The summed E-state index contributed by atoms with van der Waals surface area (Å²) in [5.41, 5.74) is 2.73. The maximum absolute atomic E-state index is 5.07. The second-order valence-corrected chi connectivity index (χ2v) is 11.6. The predicted octanol–water partition coefficient (Wildman–Crippen LogP) is 7.08. The minimum Gasteiger partial charge on any atom is -0.359 e. The molecule has 2 fully saturated rings. The van der Waals surface area contributed by atoms with Crippen molar-refractivity contribution in [1.82, 2.24) is 9.97 Å². The molecule has 3 atom stereocenters. The van der Waals surface area contributed by atoms with Crippen LogP contribution in [-0.4, -0.2) is 30.1 Å². The molecule has 2 aliphatic rings. The van der Waals surface area contributed by atoms with Gasteiger partial charge in [-0.15, -0.1) is 0 Å². The monoisotopic (exact) mass is 436 g/mol. The standard InChI is InChI=1S/C28H44N4/c1-6-20-12-10-16-24-25(20)30-27(31-26(24)32(5)18-17-28(2,3)4)29-19-22-14-9-13-21-11-7-8-15-23(21)22/h10,12,16,21-23H,6-9,11,13-15,17-19H2,1-5H3,(H,29,30,31). The highest BCUT2D eigenvalue weighted by atomic mass is 15.2. The van der Waals surface area contributed by atoms with E-state index in [9.17, 15) is 0 Å². The average molecular weight is 437 g/mol. The SMILES string of the molecule is CCc1cccc2c(N(C)CCC(C)(C)C)nc(NCC3CCCC4CCCCC43)nc12. The number of rotatable bonds is 7. The first-order chi connectivity index (χ1) is 15.4. The Hall–Kier alpha value is -1.84. The van der Waals surface area contributed by atoms with Crippen LogP contribution in [0, 0.1) is 23.2 Å². The zero-order valence-corrected chi connectivity index (χ0v) is 21.1. The minimum atomic E-state index is 0.310. The molecule has 4 nitrogen and oxygen atoms in total. The van der Waals surface area contributed by atoms with E-state index in [4.69, 9.17) is 9.97 Å². The second kappa shape index (κ2) is 9.97. The highest BCUT2D eigenvalue weighted by Gasteiger charge is 2.34. The minimum absolute atomic E-state index is 0.310. The molecule has 0 radical (unpaired) electrons. The molecule has 1 N–H and O–H groups in total. The third-order valence-electron chi connectivity index (χ3n) is 7.98. The van der Waals surface area contributed by atoms with Gasteiger partial charge in [0.15, 0.2) is 0 Å². The zero-order valence-electron chi connectivity index (χ0n) is 21.1. The fourth-order valence-corrected chi connectivity index (χ4v) is 6.01. The third-order valence-corrected chi connectivity index (χ3v) is 7.98. The van der Waals surface area contributed by atoms with Gasteiger partial charge in [-0.2, -0.15) is 4.98 Å². The molecule has 2 aliphatic carbocycles. The summed E-state index contributed by atoms with van der Waals surface area (Å²) in [4.78, 5) is 12.4. The van der Waals surface area contributed by atoms with Gasteiger partial charge in [0, 0.05) is 25.5 Å². The lowest BCUT2D eigenvalue weighted by atomic mass is 9.65. The summed E-state index contributed by atoms with van der Waals surface area (Å²) < 4.78 is 0. The van der Waals surface area contributed by atoms with E-state index in [1.807, 2.05) is 0 Å². The molecule has 0 bridgehead atoms. The van der Waals surface area contributed by atoms with Crippen LogP contribution in [0.1, 0.15) is 84.6 Å². The highest BCUT2D eigenvalue weighted by Crippen LogP contribution is 2.43. The second-order valence-electron chi connectivity index (χ2n) is 11.6. The third kappa shape index (κ3) is 5.38. The predicted molar refractivity (Wildman–Crippen MR) is 138 cm³/mol. The van der Waals surface area contributed by atoms with Crippen LogP contribution in [0.2, 0.25) is 0 Å². The molecule has 32 heavy (non-hydrogen) atoms. The Morgan fingerprint density at radius 2 is 1.81 bits per heavy atom. The molecule has 1 aromatic heterocycles. The summed E-state index contributed by atoms with van der Waals surface area (Å²) in [6, 6.07) is 6.56. The van der Waals surface area contributed by atoms with E-state index in [-0.39, 0.29) is 0 Å². The number of nitrogens with zero attached hydrogens (tertiary/aromatic N) is 3. The first-order valence-corrected chi connectivity index (χ1v) is 13.1. The maximum atomic E-state index is 5.07. The summed E-state index contributed by atoms with van der Waals surface area (Å²) in [6.45, 7) is 11.2. The van der Waals surface area contributed by atoms with Crippen molar-refractivity contribution in [3.8, 4) is 0 Å². The van der Waals surface area contributed by atoms with E-state index in [1.54, 1.807) is 0 Å². The van der Waals surface area contributed by atoms with Crippen molar-refractivity contribution < 1.29 is 0 Å². The largest absolute Gasteiger partial charge is 0.359 e. The van der Waals surface area contributed by atoms with Gasteiger partial charge in [-0.1, -0.05) is 71.9 Å². The first-order valence-electron chi connectivity index (χ1n) is 13.1. The fraction of sp³-hybridized carbons (Fsp3) is 0.714. The molecular formula is C28H44N4. The molecule has 0 saturated heterocycles. The van der Waals surface area contributed by atoms with E-state index in [0.29, 0.717) is 5.41 Å². The number of benzene rings is 1. The van der Waals surface area contributed by atoms with Gasteiger partial charge in [-0.05, 0) is 60.5 Å². The summed E-state index contributed by atoms with van der Waals surface area (Å²) in [6.07, 6.45) is 12.1. The Kier molecular flexibility index (Phi) is 7.27. The van der Waals surface area contributed by atoms with Crippen LogP contribution in [0.15, 0.2) is 18.2 Å². The van der Waals surface area contributed by atoms with Gasteiger partial charge in [-0.25, -0.2) is 4.98 Å². The average Bonchev–Trinajstić information content (AvgIpc) is 2.79. The van der Waals surface area contributed by atoms with Gasteiger partial charge >= 0.3 is 0 Å². The van der Waals surface area contributed by atoms with Crippen LogP contribution in [0.3, 0.4) is 0 Å². The quantitative estimate of drug-likeness (QED) is 0.503. The van der Waals surface area contributed by atoms with Gasteiger partial charge in [0.05, 0.1) is 5.52 Å². The van der Waals surface area contributed by atoms with Crippen LogP contribution in [0.25, 0.3) is 10.9 Å². The van der Waals surface area contributed by atoms with Crippen molar-refractivity contribution in [3.05, 3.63) is 23.8 Å². The molecule has 1 aromatic carbocycles. The zero-order chi connectivity index (χ0) is 22.7. The Morgan fingerprint density at radius 3 is 2.59 bits per heavy atom. The molecule has 0 aliphatic heterocycles. The molecular weight excluding hydrogens is 392 g/mol. The lowest BCUT2D eigenvalue weighted by molar-refractivity contribution is 0.111. The summed E-state index contributed by atoms with van der Waals surface area (Å²) in [7, 11) is 2.18. The van der Waals surface area contributed by atoms with Crippen LogP contribution in [0.5, 0.6) is 0 Å². The van der Waals surface area contributed by atoms with Crippen molar-refractivity contribution in [2.45, 2.75) is 85.5 Å². The number of hydrogen-bond donors (Lipinski definition) is 1. The van der Waals surface area contributed by atoms with Crippen LogP contribution in [0.4, 0.5) is 11.8 Å². The van der Waals surface area contributed by atoms with E-state index in [0.717, 1.165) is 61.0 Å². The van der Waals surface area contributed by atoms with E-state index < -0.39 is 0 Å². The van der Waals surface area contributed by atoms with Crippen LogP contribution in [-0.2, 0) is 6.42 Å². The van der Waals surface area contributed by atoms with Crippen molar-refractivity contribution in [2.24, 2.45) is 23.2 Å². The Balaban J connectivity index is 1.58. The number of fused-ring (bicyclic) bond motifs is 2. The van der Waals surface area contributed by atoms with Gasteiger partial charge in [-0.3, -0.25) is 0 Å². The molecule has 0 spiro atoms. The molecule has 2 aromatic rings. The number of anilines is 2. The van der Waals surface area contributed by atoms with Gasteiger partial charge < -0.3 is 10.2 Å². The van der Waals surface area contributed by atoms with E-state index >= 15 is 0 Å². The first kappa shape index (κ1) is 23.3. The molecule has 2 saturated carbocycles. The lowest BCUT2D eigenvalue weighted by Gasteiger charge is -2.41. The maximum Gasteiger partial charge on any atom is 0.225 e. The Bertz CT molecular complexity index is 898. The molecule has 176 valence electrons. The van der Waals surface area contributed by atoms with Crippen LogP contribution >= 0.6 is 0 Å². The Labute approximate surface area is 195 Å². The normalized spacial score (nSPS) is 23.7. The molecule has 4 heteroatoms. The Morgan fingerprint density at radius 1 is 1.03 bits per heavy atom. The van der Waals surface area contributed by atoms with Crippen molar-refractivity contribution in [3.63, 3.8) is 0 Å². The number of hydrogen-bond acceptors (Lipinski definition) is 4. The fourth-order valence-electron chi connectivity index (χ4n) is 6.01. The smallest absolute Gasteiger partial charge is 0.225 e. The summed E-state index contributed by atoms with van der Waals surface area (Å²) in [5, 5.41) is 4.89. The van der Waals surface area contributed by atoms with Gasteiger partial charge in [0.2, 0.25) is 5.95 Å². The molecule has 0 amide bonds. The number of aryl methyl sites for hydroxylation is 1. The number of para-hydroxylation sites is 1. The van der Waals surface area contributed by atoms with E-state index in [2.05, 4.69) is 63.2 Å². The summed E-state index contributed by atoms with van der Waals surface area (Å²) in [5.74, 6) is 4.53. The number of aromatic nitrogens is 2. The van der Waals surface area contributed by atoms with Gasteiger partial charge in [0.25, 0.3) is 0 Å². The van der Waals surface area contributed by atoms with Crippen LogP contribution < -0.4 is 10.2 Å². The van der Waals surface area contributed by atoms with Crippen molar-refractivity contribution in [1.29, 1.82) is 0 Å². The number of nitrogens with one attached hydrogen (secondary N) is 1. The molecule has 4 rings (SSSR count). The molecule has 3 unspecified atom stereocenters. The topological polar surface area (TPSA) is 41.1 Å². The lowest BCUT2D eigenvalue weighted by Crippen LogP contribution is -2.35. The molecule has 1 heterocycles. The van der Waals surface area contributed by atoms with Gasteiger partial charge in [0.1, 0.15) is 5.82 Å². The van der Waals surface area contributed by atoms with E-state index in [1.165, 1.54) is 55.9 Å². The van der Waals surface area contributed by atoms with Crippen molar-refractivity contribution in [2.75, 3.05) is 30.4 Å². The van der Waals surface area contributed by atoms with Crippen molar-refractivity contribution >= 4 is 22.7 Å². The highest BCUT2D eigenvalue weighted by molar-refractivity contribution is 5.92.